The van der Waals surface area contributed by atoms with E-state index in [9.17, 15) is 19.8 Å². The molecule has 4 aromatic rings. The molecule has 0 aromatic heterocycles. The number of hydrogen-bond donors (Lipinski definition) is 2. The van der Waals surface area contributed by atoms with Gasteiger partial charge in [-0.05, 0) is 72.8 Å². The lowest BCUT2D eigenvalue weighted by atomic mass is 10.2. The third-order valence-electron chi connectivity index (χ3n) is 5.38. The molecular formula is C30H26O8. The molecule has 0 unspecified atom stereocenters. The van der Waals surface area contributed by atoms with Gasteiger partial charge < -0.3 is 29.2 Å². The number of phenolic OH excluding ortho intramolecular Hbond substituents is 2. The molecule has 0 saturated heterocycles. The molecule has 0 atom stereocenters. The minimum atomic E-state index is -0.586. The molecule has 4 aromatic carbocycles. The highest BCUT2D eigenvalue weighted by molar-refractivity contribution is 5.92. The molecule has 0 saturated carbocycles. The molecule has 38 heavy (non-hydrogen) atoms. The molecule has 0 spiro atoms. The molecule has 0 fully saturated rings. The number of para-hydroxylation sites is 4. The van der Waals surface area contributed by atoms with Gasteiger partial charge in [-0.2, -0.15) is 0 Å². The van der Waals surface area contributed by atoms with Crippen molar-refractivity contribution < 1.29 is 38.7 Å². The minimum Gasteiger partial charge on any atom is -0.504 e. The fourth-order valence-electron chi connectivity index (χ4n) is 3.30. The van der Waals surface area contributed by atoms with Crippen molar-refractivity contribution in [3.8, 4) is 34.5 Å². The van der Waals surface area contributed by atoms with Gasteiger partial charge >= 0.3 is 11.9 Å². The van der Waals surface area contributed by atoms with E-state index in [4.69, 9.17) is 18.9 Å². The van der Waals surface area contributed by atoms with Crippen LogP contribution in [0.2, 0.25) is 0 Å². The lowest BCUT2D eigenvalue weighted by molar-refractivity contribution is 0.0720. The van der Waals surface area contributed by atoms with Gasteiger partial charge in [-0.1, -0.05) is 31.2 Å². The Kier molecular flexibility index (Phi) is 8.46. The number of esters is 2. The summed E-state index contributed by atoms with van der Waals surface area (Å²) in [5.41, 5.74) is 0.648. The first-order chi connectivity index (χ1) is 18.4. The summed E-state index contributed by atoms with van der Waals surface area (Å²) in [6.07, 6.45) is 0. The lowest BCUT2D eigenvalue weighted by Crippen LogP contribution is -2.17. The molecule has 0 aliphatic rings. The van der Waals surface area contributed by atoms with Gasteiger partial charge in [-0.25, -0.2) is 9.59 Å². The lowest BCUT2D eigenvalue weighted by Gasteiger charge is -2.15. The molecule has 0 heterocycles. The van der Waals surface area contributed by atoms with Crippen LogP contribution in [0.4, 0.5) is 0 Å². The van der Waals surface area contributed by atoms with Crippen molar-refractivity contribution in [2.24, 2.45) is 5.92 Å². The molecule has 0 radical (unpaired) electrons. The van der Waals surface area contributed by atoms with Crippen LogP contribution in [0.1, 0.15) is 27.6 Å². The van der Waals surface area contributed by atoms with Crippen LogP contribution in [0, 0.1) is 5.92 Å². The van der Waals surface area contributed by atoms with Gasteiger partial charge in [0.05, 0.1) is 24.3 Å². The number of hydrogen-bond acceptors (Lipinski definition) is 8. The van der Waals surface area contributed by atoms with E-state index >= 15 is 0 Å². The maximum Gasteiger partial charge on any atom is 0.343 e. The number of benzene rings is 4. The fourth-order valence-corrected chi connectivity index (χ4v) is 3.30. The van der Waals surface area contributed by atoms with Gasteiger partial charge in [0.25, 0.3) is 0 Å². The monoisotopic (exact) mass is 514 g/mol. The van der Waals surface area contributed by atoms with Gasteiger partial charge in [0, 0.05) is 5.92 Å². The molecule has 0 aliphatic carbocycles. The summed E-state index contributed by atoms with van der Waals surface area (Å²) >= 11 is 0. The van der Waals surface area contributed by atoms with E-state index in [-0.39, 0.29) is 28.9 Å². The second-order valence-corrected chi connectivity index (χ2v) is 8.49. The Morgan fingerprint density at radius 1 is 0.605 bits per heavy atom. The average Bonchev–Trinajstić information content (AvgIpc) is 2.93. The molecule has 8 nitrogen and oxygen atoms in total. The number of carbonyl (C=O) groups excluding carboxylic acids is 2. The number of ether oxygens (including phenoxy) is 4. The zero-order chi connectivity index (χ0) is 26.9. The first-order valence-corrected chi connectivity index (χ1v) is 11.8. The summed E-state index contributed by atoms with van der Waals surface area (Å²) in [6, 6.07) is 25.5. The van der Waals surface area contributed by atoms with Crippen LogP contribution in [-0.4, -0.2) is 35.4 Å². The topological polar surface area (TPSA) is 112 Å². The van der Waals surface area contributed by atoms with E-state index in [1.54, 1.807) is 72.8 Å². The maximum atomic E-state index is 12.3. The summed E-state index contributed by atoms with van der Waals surface area (Å²) in [4.78, 5) is 24.6. The highest BCUT2D eigenvalue weighted by atomic mass is 16.5. The van der Waals surface area contributed by atoms with Crippen LogP contribution >= 0.6 is 0 Å². The molecule has 0 aliphatic heterocycles. The van der Waals surface area contributed by atoms with Crippen molar-refractivity contribution in [1.82, 2.24) is 0 Å². The first kappa shape index (κ1) is 26.1. The van der Waals surface area contributed by atoms with Crippen molar-refractivity contribution in [3.05, 3.63) is 108 Å². The molecule has 0 amide bonds. The predicted molar refractivity (Wildman–Crippen MR) is 139 cm³/mol. The Labute approximate surface area is 219 Å². The second-order valence-electron chi connectivity index (χ2n) is 8.49. The van der Waals surface area contributed by atoms with Crippen LogP contribution in [0.15, 0.2) is 97.1 Å². The van der Waals surface area contributed by atoms with Crippen LogP contribution in [-0.2, 0) is 0 Å². The van der Waals surface area contributed by atoms with Crippen molar-refractivity contribution in [3.63, 3.8) is 0 Å². The summed E-state index contributed by atoms with van der Waals surface area (Å²) in [5.74, 6) is 0.00860. The standard InChI is InChI=1S/C30H26O8/c1-20(18-35-23-14-10-21(11-15-23)29(33)37-27-8-4-2-6-25(27)31)19-36-24-16-12-22(13-17-24)30(34)38-28-9-5-3-7-26(28)32/h2-17,20,31-32H,18-19H2,1H3. The number of carbonyl (C=O) groups is 2. The number of phenols is 2. The van der Waals surface area contributed by atoms with E-state index in [1.165, 1.54) is 24.3 Å². The third-order valence-corrected chi connectivity index (χ3v) is 5.38. The minimum absolute atomic E-state index is 0.0476. The Bertz CT molecular complexity index is 1270. The van der Waals surface area contributed by atoms with Crippen molar-refractivity contribution in [2.75, 3.05) is 13.2 Å². The Balaban J connectivity index is 1.21. The maximum absolute atomic E-state index is 12.3. The van der Waals surface area contributed by atoms with Gasteiger partial charge in [0.15, 0.2) is 23.0 Å². The summed E-state index contributed by atoms with van der Waals surface area (Å²) in [5, 5.41) is 19.5. The number of rotatable bonds is 10. The second kappa shape index (κ2) is 12.3. The van der Waals surface area contributed by atoms with Gasteiger partial charge in [0.1, 0.15) is 11.5 Å². The highest BCUT2D eigenvalue weighted by Gasteiger charge is 2.13. The average molecular weight is 515 g/mol. The number of aromatic hydroxyl groups is 2. The summed E-state index contributed by atoms with van der Waals surface area (Å²) < 4.78 is 22.0. The highest BCUT2D eigenvalue weighted by Crippen LogP contribution is 2.27. The smallest absolute Gasteiger partial charge is 0.343 e. The van der Waals surface area contributed by atoms with Crippen molar-refractivity contribution in [1.29, 1.82) is 0 Å². The van der Waals surface area contributed by atoms with Crippen LogP contribution < -0.4 is 18.9 Å². The molecule has 8 heteroatoms. The summed E-state index contributed by atoms with van der Waals surface area (Å²) in [6.45, 7) is 2.73. The van der Waals surface area contributed by atoms with Crippen molar-refractivity contribution in [2.45, 2.75) is 6.92 Å². The van der Waals surface area contributed by atoms with E-state index in [0.29, 0.717) is 35.8 Å². The Morgan fingerprint density at radius 3 is 1.34 bits per heavy atom. The van der Waals surface area contributed by atoms with Gasteiger partial charge in [-0.15, -0.1) is 0 Å². The zero-order valence-corrected chi connectivity index (χ0v) is 20.6. The molecule has 2 N–H and O–H groups in total. The van der Waals surface area contributed by atoms with E-state index in [1.807, 2.05) is 6.92 Å². The van der Waals surface area contributed by atoms with Crippen LogP contribution in [0.3, 0.4) is 0 Å². The van der Waals surface area contributed by atoms with Crippen molar-refractivity contribution >= 4 is 11.9 Å². The molecule has 194 valence electrons. The Morgan fingerprint density at radius 2 is 0.974 bits per heavy atom. The quantitative estimate of drug-likeness (QED) is 0.207. The van der Waals surface area contributed by atoms with E-state index in [2.05, 4.69) is 0 Å². The van der Waals surface area contributed by atoms with Gasteiger partial charge in [-0.3, -0.25) is 0 Å². The van der Waals surface area contributed by atoms with Crippen LogP contribution in [0.25, 0.3) is 0 Å². The first-order valence-electron chi connectivity index (χ1n) is 11.8. The normalized spacial score (nSPS) is 10.6. The third kappa shape index (κ3) is 7.04. The predicted octanol–water partition coefficient (Wildman–Crippen LogP) is 5.63. The molecule has 0 bridgehead atoms. The molecular weight excluding hydrogens is 488 g/mol. The van der Waals surface area contributed by atoms with Gasteiger partial charge in [0.2, 0.25) is 0 Å². The SMILES string of the molecule is CC(COc1ccc(C(=O)Oc2ccccc2O)cc1)COc1ccc(C(=O)Oc2ccccc2O)cc1. The fraction of sp³-hybridized carbons (Fsp3) is 0.133. The largest absolute Gasteiger partial charge is 0.504 e. The zero-order valence-electron chi connectivity index (χ0n) is 20.6. The van der Waals surface area contributed by atoms with E-state index in [0.717, 1.165) is 0 Å². The van der Waals surface area contributed by atoms with E-state index < -0.39 is 11.9 Å². The molecule has 4 rings (SSSR count). The Hall–Kier alpha value is -4.98. The summed E-state index contributed by atoms with van der Waals surface area (Å²) in [7, 11) is 0. The van der Waals surface area contributed by atoms with Crippen LogP contribution in [0.5, 0.6) is 34.5 Å².